The van der Waals surface area contributed by atoms with Crippen molar-refractivity contribution in [3.05, 3.63) is 76.7 Å². The van der Waals surface area contributed by atoms with Crippen molar-refractivity contribution in [1.29, 1.82) is 0 Å². The minimum atomic E-state index is -5.08. The normalized spacial score (nSPS) is 14.1. The van der Waals surface area contributed by atoms with Gasteiger partial charge in [-0.1, -0.05) is 24.3 Å². The lowest BCUT2D eigenvalue weighted by Gasteiger charge is -2.35. The average molecular weight is 737 g/mol. The van der Waals surface area contributed by atoms with Crippen LogP contribution >= 0.6 is 22.7 Å². The number of para-hydroxylation sites is 1. The van der Waals surface area contributed by atoms with Gasteiger partial charge in [0.25, 0.3) is 10.0 Å². The fourth-order valence-corrected chi connectivity index (χ4v) is 8.70. The Balaban J connectivity index is 0.000000606. The maximum atomic E-state index is 13.7. The number of thiophene rings is 1. The van der Waals surface area contributed by atoms with Gasteiger partial charge in [-0.05, 0) is 49.6 Å². The Hall–Kier alpha value is -4.03. The van der Waals surface area contributed by atoms with Crippen molar-refractivity contribution in [2.24, 2.45) is 0 Å². The van der Waals surface area contributed by atoms with Crippen LogP contribution in [-0.2, 0) is 26.1 Å². The van der Waals surface area contributed by atoms with Crippen molar-refractivity contribution in [1.82, 2.24) is 19.9 Å². The molecule has 1 aromatic carbocycles. The lowest BCUT2D eigenvalue weighted by Crippen LogP contribution is -2.46. The van der Waals surface area contributed by atoms with Crippen molar-refractivity contribution in [3.63, 3.8) is 0 Å². The van der Waals surface area contributed by atoms with E-state index in [9.17, 15) is 21.6 Å². The highest BCUT2D eigenvalue weighted by molar-refractivity contribution is 7.94. The number of thiazole rings is 1. The SMILES string of the molecule is CCOCCN(c1cccc2cc(-c3ncc(CN4CCN(c5cccc(C)n5)CC4)s3)[nH]c12)S(=O)(=O)c1cccs1.O=C(O)C(F)(F)F. The number of alkyl halides is 3. The number of nitrogens with zero attached hydrogens (tertiary/aromatic N) is 5. The molecule has 0 bridgehead atoms. The fourth-order valence-electron chi connectivity index (χ4n) is 5.21. The lowest BCUT2D eigenvalue weighted by molar-refractivity contribution is -0.192. The van der Waals surface area contributed by atoms with Gasteiger partial charge < -0.3 is 19.7 Å². The van der Waals surface area contributed by atoms with Crippen molar-refractivity contribution in [2.45, 2.75) is 30.8 Å². The van der Waals surface area contributed by atoms with Crippen LogP contribution in [0.25, 0.3) is 21.6 Å². The van der Waals surface area contributed by atoms with E-state index in [1.165, 1.54) is 20.5 Å². The number of aromatic nitrogens is 3. The summed E-state index contributed by atoms with van der Waals surface area (Å²) in [4.78, 5) is 27.8. The Morgan fingerprint density at radius 2 is 1.84 bits per heavy atom. The molecule has 0 aliphatic carbocycles. The van der Waals surface area contributed by atoms with Crippen LogP contribution in [0.2, 0.25) is 0 Å². The van der Waals surface area contributed by atoms with Gasteiger partial charge in [-0.2, -0.15) is 13.2 Å². The quantitative estimate of drug-likeness (QED) is 0.151. The number of anilines is 2. The number of pyridine rings is 1. The highest BCUT2D eigenvalue weighted by Gasteiger charge is 2.38. The first-order chi connectivity index (χ1) is 23.4. The van der Waals surface area contributed by atoms with Gasteiger partial charge in [0.2, 0.25) is 0 Å². The number of carboxylic acid groups (broad SMARTS) is 1. The number of carbonyl (C=O) groups is 1. The van der Waals surface area contributed by atoms with E-state index in [2.05, 4.69) is 31.9 Å². The molecular weight excluding hydrogens is 702 g/mol. The molecule has 4 aromatic heterocycles. The number of sulfonamides is 1. The molecule has 0 spiro atoms. The van der Waals surface area contributed by atoms with E-state index in [1.54, 1.807) is 28.8 Å². The first-order valence-electron chi connectivity index (χ1n) is 15.3. The van der Waals surface area contributed by atoms with Gasteiger partial charge in [0.15, 0.2) is 0 Å². The second-order valence-electron chi connectivity index (χ2n) is 11.0. The summed E-state index contributed by atoms with van der Waals surface area (Å²) in [6, 6.07) is 17.4. The number of aromatic amines is 1. The standard InChI is InChI=1S/C30H34N6O3S3.C2HF3O2/c1-3-39-17-16-36(42(37,38)28-11-6-18-40-28)26-9-5-8-23-19-25(33-29(23)26)30-31-20-24(41-30)21-34-12-14-35(15-13-34)27-10-4-7-22(2)32-27;3-2(4,5)1(6)7/h4-11,18-20,33H,3,12-17,21H2,1-2H3;(H,6,7). The molecule has 0 saturated carbocycles. The van der Waals surface area contributed by atoms with Gasteiger partial charge in [-0.3, -0.25) is 9.21 Å². The number of hydrogen-bond acceptors (Lipinski definition) is 10. The van der Waals surface area contributed by atoms with Crippen LogP contribution in [0.4, 0.5) is 24.7 Å². The van der Waals surface area contributed by atoms with Gasteiger partial charge in [0, 0.05) is 61.5 Å². The van der Waals surface area contributed by atoms with E-state index < -0.39 is 22.2 Å². The lowest BCUT2D eigenvalue weighted by atomic mass is 10.2. The van der Waals surface area contributed by atoms with Crippen LogP contribution in [0.15, 0.2) is 70.4 Å². The molecule has 11 nitrogen and oxygen atoms in total. The molecule has 5 aromatic rings. The fraction of sp³-hybridized carbons (Fsp3) is 0.344. The summed E-state index contributed by atoms with van der Waals surface area (Å²) in [6.45, 7) is 9.65. The maximum absolute atomic E-state index is 13.7. The average Bonchev–Trinajstić information content (AvgIpc) is 3.85. The Bertz CT molecular complexity index is 1960. The molecule has 5 heterocycles. The number of aliphatic carboxylic acids is 1. The molecule has 1 aliphatic heterocycles. The summed E-state index contributed by atoms with van der Waals surface area (Å²) < 4.78 is 66.4. The molecule has 0 radical (unpaired) electrons. The Morgan fingerprint density at radius 3 is 2.49 bits per heavy atom. The smallest absolute Gasteiger partial charge is 0.475 e. The Kier molecular flexibility index (Phi) is 11.6. The third-order valence-electron chi connectivity index (χ3n) is 7.56. The predicted octanol–water partition coefficient (Wildman–Crippen LogP) is 6.24. The highest BCUT2D eigenvalue weighted by atomic mass is 32.2. The molecule has 0 atom stereocenters. The molecule has 2 N–H and O–H groups in total. The number of nitrogens with one attached hydrogen (secondary N) is 1. The summed E-state index contributed by atoms with van der Waals surface area (Å²) in [5, 5.41) is 10.7. The van der Waals surface area contributed by atoms with Gasteiger partial charge in [-0.15, -0.1) is 22.7 Å². The second kappa shape index (κ2) is 15.7. The number of aryl methyl sites for hydroxylation is 1. The summed E-state index contributed by atoms with van der Waals surface area (Å²) >= 11 is 2.89. The number of piperazine rings is 1. The van der Waals surface area contributed by atoms with E-state index in [1.807, 2.05) is 50.4 Å². The number of benzene rings is 1. The van der Waals surface area contributed by atoms with Crippen molar-refractivity contribution in [3.8, 4) is 10.7 Å². The molecule has 1 aliphatic rings. The molecule has 1 fully saturated rings. The van der Waals surface area contributed by atoms with Gasteiger partial charge in [0.1, 0.15) is 15.0 Å². The van der Waals surface area contributed by atoms with Crippen LogP contribution in [0, 0.1) is 6.92 Å². The third kappa shape index (κ3) is 8.96. The summed E-state index contributed by atoms with van der Waals surface area (Å²) in [5.41, 5.74) is 3.28. The van der Waals surface area contributed by atoms with Crippen molar-refractivity contribution in [2.75, 3.05) is 55.1 Å². The molecule has 0 amide bonds. The molecule has 262 valence electrons. The maximum Gasteiger partial charge on any atom is 0.490 e. The van der Waals surface area contributed by atoms with Crippen LogP contribution in [-0.4, -0.2) is 91.5 Å². The zero-order chi connectivity index (χ0) is 35.2. The summed E-state index contributed by atoms with van der Waals surface area (Å²) in [6.07, 6.45) is -3.13. The van der Waals surface area contributed by atoms with Gasteiger partial charge in [-0.25, -0.2) is 23.2 Å². The highest BCUT2D eigenvalue weighted by Crippen LogP contribution is 2.35. The van der Waals surface area contributed by atoms with E-state index in [4.69, 9.17) is 19.6 Å². The monoisotopic (exact) mass is 736 g/mol. The van der Waals surface area contributed by atoms with Crippen LogP contribution in [0.1, 0.15) is 17.5 Å². The topological polar surface area (TPSA) is 132 Å². The Morgan fingerprint density at radius 1 is 1.10 bits per heavy atom. The van der Waals surface area contributed by atoms with Crippen molar-refractivity contribution >= 4 is 61.1 Å². The van der Waals surface area contributed by atoms with Gasteiger partial charge in [0.05, 0.1) is 30.0 Å². The van der Waals surface area contributed by atoms with Crippen molar-refractivity contribution < 1.29 is 36.2 Å². The van der Waals surface area contributed by atoms with Gasteiger partial charge >= 0.3 is 12.1 Å². The number of rotatable bonds is 11. The Labute approximate surface area is 289 Å². The first-order valence-corrected chi connectivity index (χ1v) is 18.4. The van der Waals surface area contributed by atoms with E-state index in [0.29, 0.717) is 23.1 Å². The molecule has 17 heteroatoms. The number of halogens is 3. The van der Waals surface area contributed by atoms with Crippen LogP contribution in [0.5, 0.6) is 0 Å². The van der Waals surface area contributed by atoms with E-state index >= 15 is 0 Å². The minimum Gasteiger partial charge on any atom is -0.475 e. The van der Waals surface area contributed by atoms with E-state index in [-0.39, 0.29) is 6.54 Å². The first kappa shape index (κ1) is 36.3. The predicted molar refractivity (Wildman–Crippen MR) is 185 cm³/mol. The largest absolute Gasteiger partial charge is 0.490 e. The molecule has 1 saturated heterocycles. The summed E-state index contributed by atoms with van der Waals surface area (Å²) in [7, 11) is -3.75. The molecule has 49 heavy (non-hydrogen) atoms. The number of ether oxygens (including phenoxy) is 1. The number of H-pyrrole nitrogens is 1. The number of carboxylic acids is 1. The molecule has 0 unspecified atom stereocenters. The minimum absolute atomic E-state index is 0.218. The zero-order valence-electron chi connectivity index (χ0n) is 26.7. The molecule has 6 rings (SSSR count). The zero-order valence-corrected chi connectivity index (χ0v) is 29.1. The van der Waals surface area contributed by atoms with E-state index in [0.717, 1.165) is 65.8 Å². The number of hydrogen-bond donors (Lipinski definition) is 2. The number of fused-ring (bicyclic) bond motifs is 1. The third-order valence-corrected chi connectivity index (χ3v) is 11.8. The van der Waals surface area contributed by atoms with Crippen LogP contribution < -0.4 is 9.21 Å². The van der Waals surface area contributed by atoms with Crippen LogP contribution in [0.3, 0.4) is 0 Å². The summed E-state index contributed by atoms with van der Waals surface area (Å²) in [5.74, 6) is -1.71. The molecular formula is C32H35F3N6O5S3. The second-order valence-corrected chi connectivity index (χ2v) is 15.1.